The summed E-state index contributed by atoms with van der Waals surface area (Å²) in [6.07, 6.45) is 2.29. The molecule has 196 valence electrons. The average molecular weight is 529 g/mol. The number of hydrogen-bond donors (Lipinski definition) is 0. The summed E-state index contributed by atoms with van der Waals surface area (Å²) in [5, 5.41) is 0.715. The molecule has 2 aliphatic heterocycles. The minimum absolute atomic E-state index is 0.0288. The zero-order valence-corrected chi connectivity index (χ0v) is 22.1. The smallest absolute Gasteiger partial charge is 0.260 e. The molecule has 3 heterocycles. The van der Waals surface area contributed by atoms with Gasteiger partial charge in [0.1, 0.15) is 11.6 Å². The van der Waals surface area contributed by atoms with Gasteiger partial charge in [0.05, 0.1) is 23.7 Å². The van der Waals surface area contributed by atoms with E-state index in [1.54, 1.807) is 23.6 Å². The fraction of sp³-hybridized carbons (Fsp3) is 0.414. The maximum Gasteiger partial charge on any atom is 0.260 e. The van der Waals surface area contributed by atoms with Gasteiger partial charge in [-0.05, 0) is 61.6 Å². The molecule has 0 bridgehead atoms. The van der Waals surface area contributed by atoms with Crippen LogP contribution in [0, 0.1) is 30.3 Å². The second-order valence-electron chi connectivity index (χ2n) is 10.1. The number of ether oxygens (including phenoxy) is 1. The van der Waals surface area contributed by atoms with Crippen LogP contribution in [0.15, 0.2) is 46.2 Å². The summed E-state index contributed by atoms with van der Waals surface area (Å²) in [7, 11) is 1.38. The van der Waals surface area contributed by atoms with E-state index in [1.165, 1.54) is 49.6 Å². The highest BCUT2D eigenvalue weighted by molar-refractivity contribution is 7.99. The van der Waals surface area contributed by atoms with Crippen molar-refractivity contribution < 1.29 is 17.9 Å². The number of thioether (sulfide) groups is 1. The van der Waals surface area contributed by atoms with Crippen molar-refractivity contribution in [1.82, 2.24) is 9.47 Å². The lowest BCUT2D eigenvalue weighted by Crippen LogP contribution is -2.40. The summed E-state index contributed by atoms with van der Waals surface area (Å²) in [5.41, 5.74) is 1.20. The quantitative estimate of drug-likeness (QED) is 0.381. The summed E-state index contributed by atoms with van der Waals surface area (Å²) < 4.78 is 51.8. The van der Waals surface area contributed by atoms with Crippen molar-refractivity contribution in [3.05, 3.63) is 80.9 Å². The average Bonchev–Trinajstić information content (AvgIpc) is 3.28. The number of benzene rings is 2. The van der Waals surface area contributed by atoms with Crippen LogP contribution in [0.1, 0.15) is 42.5 Å². The summed E-state index contributed by atoms with van der Waals surface area (Å²) in [5.74, 6) is -0.590. The van der Waals surface area contributed by atoms with Gasteiger partial charge in [0.25, 0.3) is 5.56 Å². The minimum Gasteiger partial charge on any atom is -0.494 e. The van der Waals surface area contributed by atoms with Crippen molar-refractivity contribution in [2.45, 2.75) is 44.2 Å². The van der Waals surface area contributed by atoms with E-state index >= 15 is 4.39 Å². The van der Waals surface area contributed by atoms with E-state index < -0.39 is 17.5 Å². The summed E-state index contributed by atoms with van der Waals surface area (Å²) in [4.78, 5) is 16.5. The fourth-order valence-corrected chi connectivity index (χ4v) is 7.09. The van der Waals surface area contributed by atoms with Crippen molar-refractivity contribution in [3.8, 4) is 16.9 Å². The number of pyridine rings is 1. The van der Waals surface area contributed by atoms with E-state index in [0.29, 0.717) is 34.4 Å². The van der Waals surface area contributed by atoms with Crippen LogP contribution in [-0.4, -0.2) is 42.0 Å². The molecule has 2 aromatic carbocycles. The molecule has 0 spiro atoms. The van der Waals surface area contributed by atoms with Crippen LogP contribution in [0.3, 0.4) is 0 Å². The molecule has 0 amide bonds. The maximum atomic E-state index is 15.5. The van der Waals surface area contributed by atoms with E-state index in [9.17, 15) is 13.6 Å². The van der Waals surface area contributed by atoms with Crippen molar-refractivity contribution in [2.24, 2.45) is 5.92 Å². The van der Waals surface area contributed by atoms with Gasteiger partial charge in [-0.3, -0.25) is 9.36 Å². The van der Waals surface area contributed by atoms with Crippen molar-refractivity contribution >= 4 is 11.8 Å². The highest BCUT2D eigenvalue weighted by Gasteiger charge is 2.33. The number of piperidine rings is 1. The second-order valence-corrected chi connectivity index (χ2v) is 11.1. The van der Waals surface area contributed by atoms with Gasteiger partial charge in [0, 0.05) is 36.4 Å². The number of likely N-dealkylation sites (tertiary alicyclic amines) is 1. The second kappa shape index (κ2) is 10.6. The Bertz CT molecular complexity index is 1370. The number of fused-ring (bicyclic) bond motifs is 1. The molecule has 37 heavy (non-hydrogen) atoms. The van der Waals surface area contributed by atoms with E-state index in [-0.39, 0.29) is 40.5 Å². The molecule has 5 rings (SSSR count). The van der Waals surface area contributed by atoms with Crippen LogP contribution in [0.4, 0.5) is 13.2 Å². The van der Waals surface area contributed by atoms with Gasteiger partial charge in [0.15, 0.2) is 11.6 Å². The van der Waals surface area contributed by atoms with Gasteiger partial charge >= 0.3 is 0 Å². The lowest BCUT2D eigenvalue weighted by molar-refractivity contribution is 0.163. The van der Waals surface area contributed by atoms with Crippen LogP contribution in [0.25, 0.3) is 11.1 Å². The minimum atomic E-state index is -0.639. The molecular weight excluding hydrogens is 497 g/mol. The molecular formula is C29H31F3N2O2S. The Balaban J connectivity index is 1.69. The zero-order chi connectivity index (χ0) is 26.3. The molecule has 1 saturated heterocycles. The fourth-order valence-electron chi connectivity index (χ4n) is 5.72. The normalized spacial score (nSPS) is 19.7. The Morgan fingerprint density at radius 2 is 1.81 bits per heavy atom. The first kappa shape index (κ1) is 25.9. The van der Waals surface area contributed by atoms with Gasteiger partial charge < -0.3 is 9.64 Å². The first-order valence-corrected chi connectivity index (χ1v) is 13.7. The molecule has 2 atom stereocenters. The van der Waals surface area contributed by atoms with E-state index in [4.69, 9.17) is 4.74 Å². The van der Waals surface area contributed by atoms with E-state index in [2.05, 4.69) is 11.8 Å². The third-order valence-electron chi connectivity index (χ3n) is 7.59. The van der Waals surface area contributed by atoms with Crippen molar-refractivity contribution in [3.63, 3.8) is 0 Å². The molecule has 1 aromatic heterocycles. The van der Waals surface area contributed by atoms with Crippen LogP contribution in [0.2, 0.25) is 0 Å². The number of rotatable bonds is 6. The predicted octanol–water partition coefficient (Wildman–Crippen LogP) is 6.22. The molecule has 0 radical (unpaired) electrons. The number of halogens is 3. The Morgan fingerprint density at radius 1 is 1.08 bits per heavy atom. The third-order valence-corrected chi connectivity index (χ3v) is 8.86. The topological polar surface area (TPSA) is 34.5 Å². The van der Waals surface area contributed by atoms with Crippen molar-refractivity contribution in [1.29, 1.82) is 0 Å². The number of aromatic nitrogens is 1. The lowest BCUT2D eigenvalue weighted by atomic mass is 9.93. The van der Waals surface area contributed by atoms with Crippen LogP contribution >= 0.6 is 11.8 Å². The van der Waals surface area contributed by atoms with Crippen molar-refractivity contribution in [2.75, 3.05) is 32.5 Å². The van der Waals surface area contributed by atoms with E-state index in [1.807, 2.05) is 0 Å². The number of methoxy groups -OCH3 is 1. The lowest BCUT2D eigenvalue weighted by Gasteiger charge is -2.33. The molecule has 1 fully saturated rings. The van der Waals surface area contributed by atoms with Gasteiger partial charge in [-0.2, -0.15) is 0 Å². The molecule has 3 aromatic rings. The molecule has 0 aliphatic carbocycles. The first-order valence-electron chi connectivity index (χ1n) is 12.7. The van der Waals surface area contributed by atoms with Crippen LogP contribution in [-0.2, 0) is 6.42 Å². The van der Waals surface area contributed by atoms with Gasteiger partial charge in [0.2, 0.25) is 0 Å². The maximum absolute atomic E-state index is 15.5. The van der Waals surface area contributed by atoms with Gasteiger partial charge in [-0.25, -0.2) is 13.2 Å². The third kappa shape index (κ3) is 4.81. The SMILES string of the molecule is COc1cccc(-c2c(C)c(Cc3c(F)cccc3F)c3n(c2=O)C(CN2CCCC(C)C2)CS3)c1F. The highest BCUT2D eigenvalue weighted by Crippen LogP contribution is 2.41. The van der Waals surface area contributed by atoms with E-state index in [0.717, 1.165) is 19.5 Å². The molecule has 4 nitrogen and oxygen atoms in total. The molecule has 0 saturated carbocycles. The molecule has 2 unspecified atom stereocenters. The number of nitrogens with zero attached hydrogens (tertiary/aromatic N) is 2. The Morgan fingerprint density at radius 3 is 2.51 bits per heavy atom. The monoisotopic (exact) mass is 528 g/mol. The Kier molecular flexibility index (Phi) is 7.41. The summed E-state index contributed by atoms with van der Waals surface area (Å²) in [6.45, 7) is 6.64. The first-order chi connectivity index (χ1) is 17.8. The largest absolute Gasteiger partial charge is 0.494 e. The highest BCUT2D eigenvalue weighted by atomic mass is 32.2. The zero-order valence-electron chi connectivity index (χ0n) is 21.3. The summed E-state index contributed by atoms with van der Waals surface area (Å²) >= 11 is 1.54. The Labute approximate surface area is 219 Å². The predicted molar refractivity (Wildman–Crippen MR) is 141 cm³/mol. The van der Waals surface area contributed by atoms with Crippen LogP contribution < -0.4 is 10.3 Å². The molecule has 8 heteroatoms. The number of hydrogen-bond acceptors (Lipinski definition) is 4. The molecule has 2 aliphatic rings. The molecule has 0 N–H and O–H groups in total. The standard InChI is InChI=1S/C29H31F3N2O2S/c1-17-7-6-12-33(14-17)15-19-16-37-29-21(13-22-23(30)9-5-10-24(22)31)18(2)26(28(35)34(19)29)20-8-4-11-25(36-3)27(20)32/h4-5,8-11,17,19H,6-7,12-16H2,1-3H3. The van der Waals surface area contributed by atoms with Gasteiger partial charge in [-0.15, -0.1) is 11.8 Å². The Hall–Kier alpha value is -2.71. The van der Waals surface area contributed by atoms with Crippen LogP contribution in [0.5, 0.6) is 5.75 Å². The summed E-state index contributed by atoms with van der Waals surface area (Å²) in [6, 6.07) is 8.40. The van der Waals surface area contributed by atoms with Gasteiger partial charge in [-0.1, -0.05) is 25.1 Å².